The number of carbonyl (C=O) groups is 2. The fourth-order valence-electron chi connectivity index (χ4n) is 4.88. The van der Waals surface area contributed by atoms with Gasteiger partial charge in [0.25, 0.3) is 0 Å². The van der Waals surface area contributed by atoms with Gasteiger partial charge in [0.05, 0.1) is 11.9 Å². The number of anilines is 1. The second-order valence-corrected chi connectivity index (χ2v) is 12.9. The second-order valence-electron chi connectivity index (χ2n) is 11.0. The molecule has 0 aliphatic rings. The van der Waals surface area contributed by atoms with Crippen LogP contribution in [0.2, 0.25) is 0 Å². The Morgan fingerprint density at radius 1 is 0.929 bits per heavy atom. The Hall–Kier alpha value is -3.72. The molecule has 3 aromatic rings. The number of rotatable bonds is 14. The molecular formula is C33H42FN3O4S. The van der Waals surface area contributed by atoms with E-state index >= 15 is 0 Å². The van der Waals surface area contributed by atoms with Crippen LogP contribution in [0.3, 0.4) is 0 Å². The van der Waals surface area contributed by atoms with Crippen LogP contribution in [0.25, 0.3) is 0 Å². The first kappa shape index (κ1) is 32.8. The Morgan fingerprint density at radius 3 is 2.12 bits per heavy atom. The highest BCUT2D eigenvalue weighted by molar-refractivity contribution is 7.92. The number of sulfonamides is 1. The Kier molecular flexibility index (Phi) is 11.7. The van der Waals surface area contributed by atoms with Gasteiger partial charge in [0.2, 0.25) is 21.8 Å². The third-order valence-corrected chi connectivity index (χ3v) is 8.38. The molecule has 226 valence electrons. The minimum atomic E-state index is -3.60. The van der Waals surface area contributed by atoms with Gasteiger partial charge in [-0.1, -0.05) is 55.5 Å². The van der Waals surface area contributed by atoms with E-state index in [4.69, 9.17) is 0 Å². The number of nitrogens with zero attached hydrogens (tertiary/aromatic N) is 2. The van der Waals surface area contributed by atoms with Gasteiger partial charge in [0.15, 0.2) is 0 Å². The van der Waals surface area contributed by atoms with Crippen molar-refractivity contribution in [3.05, 3.63) is 101 Å². The third-order valence-electron chi connectivity index (χ3n) is 7.18. The maximum Gasteiger partial charge on any atom is 0.243 e. The molecule has 0 bridgehead atoms. The van der Waals surface area contributed by atoms with Crippen molar-refractivity contribution in [1.29, 1.82) is 0 Å². The molecule has 3 aromatic carbocycles. The fraction of sp³-hybridized carbons (Fsp3) is 0.394. The topological polar surface area (TPSA) is 86.8 Å². The van der Waals surface area contributed by atoms with E-state index in [1.54, 1.807) is 17.0 Å². The lowest BCUT2D eigenvalue weighted by atomic mass is 10.0. The zero-order valence-corrected chi connectivity index (χ0v) is 26.0. The quantitative estimate of drug-likeness (QED) is 0.265. The third kappa shape index (κ3) is 9.69. The van der Waals surface area contributed by atoms with Crippen molar-refractivity contribution in [2.24, 2.45) is 0 Å². The van der Waals surface area contributed by atoms with Gasteiger partial charge in [0, 0.05) is 32.0 Å². The van der Waals surface area contributed by atoms with Crippen LogP contribution in [-0.4, -0.2) is 50.0 Å². The molecule has 7 nitrogen and oxygen atoms in total. The molecule has 0 saturated carbocycles. The van der Waals surface area contributed by atoms with Crippen LogP contribution in [0.15, 0.2) is 72.8 Å². The molecule has 3 rings (SSSR count). The molecule has 9 heteroatoms. The van der Waals surface area contributed by atoms with E-state index < -0.39 is 16.1 Å². The molecule has 0 spiro atoms. The van der Waals surface area contributed by atoms with Crippen molar-refractivity contribution in [3.63, 3.8) is 0 Å². The molecule has 0 aliphatic heterocycles. The summed E-state index contributed by atoms with van der Waals surface area (Å²) in [6, 6.07) is 20.1. The van der Waals surface area contributed by atoms with E-state index in [9.17, 15) is 22.4 Å². The number of hydrogen-bond donors (Lipinski definition) is 1. The summed E-state index contributed by atoms with van der Waals surface area (Å²) < 4.78 is 40.4. The zero-order chi connectivity index (χ0) is 30.9. The van der Waals surface area contributed by atoms with Crippen LogP contribution in [0.5, 0.6) is 0 Å². The lowest BCUT2D eigenvalue weighted by Gasteiger charge is -2.32. The number of aryl methyl sites for hydroxylation is 2. The number of carbonyl (C=O) groups excluding carboxylic acids is 2. The highest BCUT2D eigenvalue weighted by atomic mass is 32.2. The molecule has 0 fully saturated rings. The van der Waals surface area contributed by atoms with Crippen molar-refractivity contribution in [2.75, 3.05) is 17.1 Å². The van der Waals surface area contributed by atoms with Gasteiger partial charge in [-0.25, -0.2) is 12.8 Å². The fourth-order valence-corrected chi connectivity index (χ4v) is 5.83. The molecule has 2 amide bonds. The molecular weight excluding hydrogens is 553 g/mol. The van der Waals surface area contributed by atoms with Crippen LogP contribution >= 0.6 is 0 Å². The predicted molar refractivity (Wildman–Crippen MR) is 166 cm³/mol. The largest absolute Gasteiger partial charge is 0.352 e. The van der Waals surface area contributed by atoms with Gasteiger partial charge in [-0.2, -0.15) is 0 Å². The molecule has 42 heavy (non-hydrogen) atoms. The summed E-state index contributed by atoms with van der Waals surface area (Å²) >= 11 is 0. The van der Waals surface area contributed by atoms with Crippen molar-refractivity contribution >= 4 is 27.5 Å². The lowest BCUT2D eigenvalue weighted by Crippen LogP contribution is -2.52. The van der Waals surface area contributed by atoms with Gasteiger partial charge < -0.3 is 10.2 Å². The summed E-state index contributed by atoms with van der Waals surface area (Å²) in [6.45, 7) is 7.92. The van der Waals surface area contributed by atoms with Crippen LogP contribution in [0.1, 0.15) is 55.4 Å². The number of benzene rings is 3. The molecule has 0 aliphatic carbocycles. The average molecular weight is 596 g/mol. The number of hydrogen-bond acceptors (Lipinski definition) is 4. The van der Waals surface area contributed by atoms with Crippen molar-refractivity contribution < 1.29 is 22.4 Å². The maximum absolute atomic E-state index is 13.9. The van der Waals surface area contributed by atoms with E-state index in [1.165, 1.54) is 16.4 Å². The van der Waals surface area contributed by atoms with Crippen molar-refractivity contribution in [2.45, 2.75) is 72.0 Å². The second kappa shape index (κ2) is 15.0. The average Bonchev–Trinajstić information content (AvgIpc) is 2.93. The first-order chi connectivity index (χ1) is 19.9. The summed E-state index contributed by atoms with van der Waals surface area (Å²) in [5.74, 6) is -0.940. The van der Waals surface area contributed by atoms with Gasteiger partial charge in [-0.15, -0.1) is 0 Å². The number of amides is 2. The van der Waals surface area contributed by atoms with Crippen LogP contribution < -0.4 is 9.62 Å². The van der Waals surface area contributed by atoms with Crippen molar-refractivity contribution in [1.82, 2.24) is 10.2 Å². The van der Waals surface area contributed by atoms with Crippen LogP contribution in [0.4, 0.5) is 10.1 Å². The van der Waals surface area contributed by atoms with Crippen LogP contribution in [-0.2, 0) is 32.6 Å². The highest BCUT2D eigenvalue weighted by Gasteiger charge is 2.31. The standard InChI is InChI=1S/C33H42FN3O4S/c1-6-26(4)35-33(39)31(22-27-11-8-7-9-12-27)36(23-28-14-16-29(34)17-15-28)32(38)13-10-18-37(42(5,40)41)30-20-24(2)19-25(3)21-30/h7-9,11-12,14-17,19-21,26,31H,6,10,13,18,22-23H2,1-5H3,(H,35,39)/t26-,31+/m0/s1. The molecule has 0 aromatic heterocycles. The Bertz CT molecular complexity index is 1430. The Labute approximate surface area is 249 Å². The maximum atomic E-state index is 13.9. The van der Waals surface area contributed by atoms with E-state index in [1.807, 2.05) is 76.2 Å². The summed E-state index contributed by atoms with van der Waals surface area (Å²) in [7, 11) is -3.60. The summed E-state index contributed by atoms with van der Waals surface area (Å²) in [4.78, 5) is 29.0. The van der Waals surface area contributed by atoms with E-state index in [0.29, 0.717) is 17.7 Å². The minimum Gasteiger partial charge on any atom is -0.352 e. The SMILES string of the molecule is CC[C@H](C)NC(=O)[C@@H](Cc1ccccc1)N(Cc1ccc(F)cc1)C(=O)CCCN(c1cc(C)cc(C)c1)S(C)(=O)=O. The Balaban J connectivity index is 1.90. The van der Waals surface area contributed by atoms with Crippen molar-refractivity contribution in [3.8, 4) is 0 Å². The summed E-state index contributed by atoms with van der Waals surface area (Å²) in [6.07, 6.45) is 2.47. The van der Waals surface area contributed by atoms with Crippen LogP contribution in [0, 0.1) is 19.7 Å². The number of halogens is 1. The van der Waals surface area contributed by atoms with Gasteiger partial charge in [-0.3, -0.25) is 13.9 Å². The predicted octanol–water partition coefficient (Wildman–Crippen LogP) is 5.54. The smallest absolute Gasteiger partial charge is 0.243 e. The molecule has 1 N–H and O–H groups in total. The van der Waals surface area contributed by atoms with E-state index in [2.05, 4.69) is 5.32 Å². The first-order valence-electron chi connectivity index (χ1n) is 14.3. The van der Waals surface area contributed by atoms with Gasteiger partial charge in [-0.05, 0) is 80.1 Å². The first-order valence-corrected chi connectivity index (χ1v) is 16.2. The molecule has 0 heterocycles. The molecule has 0 unspecified atom stereocenters. The molecule has 2 atom stereocenters. The summed E-state index contributed by atoms with van der Waals surface area (Å²) in [5.41, 5.74) is 4.02. The van der Waals surface area contributed by atoms with Gasteiger partial charge in [0.1, 0.15) is 11.9 Å². The lowest BCUT2D eigenvalue weighted by molar-refractivity contribution is -0.141. The van der Waals surface area contributed by atoms with E-state index in [0.717, 1.165) is 29.4 Å². The monoisotopic (exact) mass is 595 g/mol. The normalized spacial score (nSPS) is 12.8. The molecule has 0 radical (unpaired) electrons. The highest BCUT2D eigenvalue weighted by Crippen LogP contribution is 2.23. The molecule has 0 saturated heterocycles. The Morgan fingerprint density at radius 2 is 1.55 bits per heavy atom. The van der Waals surface area contributed by atoms with Gasteiger partial charge >= 0.3 is 0 Å². The minimum absolute atomic E-state index is 0.0277. The number of nitrogens with one attached hydrogen (secondary N) is 1. The van der Waals surface area contributed by atoms with E-state index in [-0.39, 0.29) is 49.6 Å². The summed E-state index contributed by atoms with van der Waals surface area (Å²) in [5, 5.41) is 3.03. The zero-order valence-electron chi connectivity index (χ0n) is 25.1.